The van der Waals surface area contributed by atoms with E-state index < -0.39 is 21.3 Å². The molecule has 1 N–H and O–H groups in total. The molecule has 0 spiro atoms. The zero-order valence-electron chi connectivity index (χ0n) is 17.5. The van der Waals surface area contributed by atoms with Crippen molar-refractivity contribution in [1.29, 1.82) is 0 Å². The molecule has 2 aromatic carbocycles. The first-order chi connectivity index (χ1) is 14.6. The normalized spacial score (nSPS) is 11.4. The summed E-state index contributed by atoms with van der Waals surface area (Å²) in [5, 5.41) is 2.75. The molecule has 0 aliphatic rings. The number of carbonyl (C=O) groups is 1. The molecule has 0 aliphatic carbocycles. The highest BCUT2D eigenvalue weighted by Crippen LogP contribution is 2.23. The Bertz CT molecular complexity index is 1280. The van der Waals surface area contributed by atoms with E-state index in [4.69, 9.17) is 0 Å². The van der Waals surface area contributed by atoms with E-state index in [1.807, 2.05) is 19.1 Å². The SMILES string of the molecule is CCc1ccc(NC(=O)Cn2c(C)cc(C)c(S(=O)(=O)c3ccc(Br)cc3)c2=O)cc1. The molecule has 0 unspecified atom stereocenters. The molecule has 0 fully saturated rings. The molecular formula is C23H23BrN2O4S. The monoisotopic (exact) mass is 502 g/mol. The van der Waals surface area contributed by atoms with Crippen LogP contribution >= 0.6 is 15.9 Å². The maximum Gasteiger partial charge on any atom is 0.270 e. The second-order valence-corrected chi connectivity index (χ2v) is 10.0. The number of amides is 1. The quantitative estimate of drug-likeness (QED) is 0.545. The molecule has 8 heteroatoms. The summed E-state index contributed by atoms with van der Waals surface area (Å²) in [6.45, 7) is 5.01. The average molecular weight is 503 g/mol. The lowest BCUT2D eigenvalue weighted by atomic mass is 10.1. The minimum Gasteiger partial charge on any atom is -0.325 e. The molecule has 3 rings (SSSR count). The van der Waals surface area contributed by atoms with Crippen LogP contribution in [0.15, 0.2) is 73.7 Å². The number of hydrogen-bond donors (Lipinski definition) is 1. The Balaban J connectivity index is 1.95. The van der Waals surface area contributed by atoms with Gasteiger partial charge in [0.15, 0.2) is 0 Å². The van der Waals surface area contributed by atoms with E-state index in [1.165, 1.54) is 16.7 Å². The first-order valence-electron chi connectivity index (χ1n) is 9.74. The number of pyridine rings is 1. The molecular weight excluding hydrogens is 480 g/mol. The number of aromatic nitrogens is 1. The van der Waals surface area contributed by atoms with E-state index in [9.17, 15) is 18.0 Å². The third-order valence-corrected chi connectivity index (χ3v) is 7.44. The Morgan fingerprint density at radius 2 is 1.65 bits per heavy atom. The van der Waals surface area contributed by atoms with Crippen molar-refractivity contribution >= 4 is 37.4 Å². The molecule has 1 amide bonds. The first-order valence-corrected chi connectivity index (χ1v) is 12.0. The molecule has 0 saturated heterocycles. The third-order valence-electron chi connectivity index (χ3n) is 4.99. The third kappa shape index (κ3) is 4.97. The van der Waals surface area contributed by atoms with Crippen molar-refractivity contribution in [3.8, 4) is 0 Å². The van der Waals surface area contributed by atoms with E-state index in [1.54, 1.807) is 44.2 Å². The van der Waals surface area contributed by atoms with Gasteiger partial charge in [-0.3, -0.25) is 9.59 Å². The Hall–Kier alpha value is -2.71. The lowest BCUT2D eigenvalue weighted by molar-refractivity contribution is -0.116. The Labute approximate surface area is 190 Å². The van der Waals surface area contributed by atoms with Gasteiger partial charge < -0.3 is 9.88 Å². The maximum absolute atomic E-state index is 13.2. The number of anilines is 1. The zero-order chi connectivity index (χ0) is 22.8. The fraction of sp³-hybridized carbons (Fsp3) is 0.217. The largest absolute Gasteiger partial charge is 0.325 e. The van der Waals surface area contributed by atoms with Gasteiger partial charge in [0.05, 0.1) is 4.90 Å². The fourth-order valence-electron chi connectivity index (χ4n) is 3.33. The molecule has 0 bridgehead atoms. The van der Waals surface area contributed by atoms with Crippen molar-refractivity contribution in [2.75, 3.05) is 5.32 Å². The summed E-state index contributed by atoms with van der Waals surface area (Å²) in [5.41, 5.74) is 1.90. The van der Waals surface area contributed by atoms with Gasteiger partial charge in [0.25, 0.3) is 5.56 Å². The molecule has 0 atom stereocenters. The van der Waals surface area contributed by atoms with E-state index in [0.717, 1.165) is 16.5 Å². The summed E-state index contributed by atoms with van der Waals surface area (Å²) in [6.07, 6.45) is 0.891. The molecule has 0 aliphatic heterocycles. The molecule has 0 radical (unpaired) electrons. The summed E-state index contributed by atoms with van der Waals surface area (Å²) in [6, 6.07) is 15.1. The van der Waals surface area contributed by atoms with E-state index >= 15 is 0 Å². The van der Waals surface area contributed by atoms with Crippen LogP contribution in [-0.2, 0) is 27.6 Å². The maximum atomic E-state index is 13.2. The predicted octanol–water partition coefficient (Wildman–Crippen LogP) is 4.26. The van der Waals surface area contributed by atoms with Crippen molar-refractivity contribution in [3.63, 3.8) is 0 Å². The number of halogens is 1. The molecule has 1 heterocycles. The zero-order valence-corrected chi connectivity index (χ0v) is 19.9. The number of rotatable bonds is 6. The second kappa shape index (κ2) is 9.20. The van der Waals surface area contributed by atoms with Crippen LogP contribution in [0.3, 0.4) is 0 Å². The summed E-state index contributed by atoms with van der Waals surface area (Å²) in [4.78, 5) is 25.4. The van der Waals surface area contributed by atoms with Crippen molar-refractivity contribution in [3.05, 3.63) is 86.2 Å². The number of aryl methyl sites for hydroxylation is 3. The van der Waals surface area contributed by atoms with Crippen molar-refractivity contribution < 1.29 is 13.2 Å². The van der Waals surface area contributed by atoms with Gasteiger partial charge >= 0.3 is 0 Å². The van der Waals surface area contributed by atoms with Gasteiger partial charge in [0.1, 0.15) is 11.4 Å². The van der Waals surface area contributed by atoms with E-state index in [-0.39, 0.29) is 16.3 Å². The van der Waals surface area contributed by atoms with Crippen LogP contribution in [0.25, 0.3) is 0 Å². The van der Waals surface area contributed by atoms with Crippen LogP contribution in [0.5, 0.6) is 0 Å². The van der Waals surface area contributed by atoms with Gasteiger partial charge in [-0.05, 0) is 73.9 Å². The number of nitrogens with zero attached hydrogens (tertiary/aromatic N) is 1. The van der Waals surface area contributed by atoms with Gasteiger partial charge in [0, 0.05) is 15.9 Å². The predicted molar refractivity (Wildman–Crippen MR) is 124 cm³/mol. The highest BCUT2D eigenvalue weighted by atomic mass is 79.9. The lowest BCUT2D eigenvalue weighted by Crippen LogP contribution is -2.33. The summed E-state index contributed by atoms with van der Waals surface area (Å²) < 4.78 is 28.2. The smallest absolute Gasteiger partial charge is 0.270 e. The number of hydrogen-bond acceptors (Lipinski definition) is 4. The van der Waals surface area contributed by atoms with Crippen LogP contribution < -0.4 is 10.9 Å². The van der Waals surface area contributed by atoms with Crippen LogP contribution in [0.1, 0.15) is 23.7 Å². The van der Waals surface area contributed by atoms with Gasteiger partial charge in [0.2, 0.25) is 15.7 Å². The van der Waals surface area contributed by atoms with Gasteiger partial charge in [-0.2, -0.15) is 0 Å². The number of benzene rings is 2. The van der Waals surface area contributed by atoms with E-state index in [0.29, 0.717) is 16.9 Å². The molecule has 1 aromatic heterocycles. The van der Waals surface area contributed by atoms with Crippen LogP contribution in [0.4, 0.5) is 5.69 Å². The van der Waals surface area contributed by atoms with Gasteiger partial charge in [-0.1, -0.05) is 35.0 Å². The fourth-order valence-corrected chi connectivity index (χ4v) is 5.15. The van der Waals surface area contributed by atoms with Crippen molar-refractivity contribution in [2.24, 2.45) is 0 Å². The topological polar surface area (TPSA) is 85.2 Å². The minimum atomic E-state index is -4.04. The molecule has 6 nitrogen and oxygen atoms in total. The minimum absolute atomic E-state index is 0.0202. The standard InChI is InChI=1S/C23H23BrN2O4S/c1-4-17-5-9-19(10-6-17)25-21(27)14-26-16(3)13-15(2)22(23(26)28)31(29,30)20-11-7-18(24)8-12-20/h5-13H,4,14H2,1-3H3,(H,25,27). The van der Waals surface area contributed by atoms with Crippen molar-refractivity contribution in [1.82, 2.24) is 4.57 Å². The lowest BCUT2D eigenvalue weighted by Gasteiger charge is -2.15. The van der Waals surface area contributed by atoms with Crippen molar-refractivity contribution in [2.45, 2.75) is 43.5 Å². The number of nitrogens with one attached hydrogen (secondary N) is 1. The highest BCUT2D eigenvalue weighted by molar-refractivity contribution is 9.10. The molecule has 3 aromatic rings. The number of carbonyl (C=O) groups excluding carboxylic acids is 1. The van der Waals surface area contributed by atoms with Crippen LogP contribution in [0, 0.1) is 13.8 Å². The summed E-state index contributed by atoms with van der Waals surface area (Å²) in [5.74, 6) is -0.412. The molecule has 162 valence electrons. The molecule has 31 heavy (non-hydrogen) atoms. The summed E-state index contributed by atoms with van der Waals surface area (Å²) >= 11 is 3.28. The second-order valence-electron chi connectivity index (χ2n) is 7.25. The Morgan fingerprint density at radius 1 is 1.03 bits per heavy atom. The van der Waals surface area contributed by atoms with E-state index in [2.05, 4.69) is 21.2 Å². The Kier molecular flexibility index (Phi) is 6.81. The summed E-state index contributed by atoms with van der Waals surface area (Å²) in [7, 11) is -4.04. The first kappa shape index (κ1) is 23.0. The highest BCUT2D eigenvalue weighted by Gasteiger charge is 2.26. The van der Waals surface area contributed by atoms with Crippen LogP contribution in [-0.4, -0.2) is 18.9 Å². The Morgan fingerprint density at radius 3 is 2.23 bits per heavy atom. The van der Waals surface area contributed by atoms with Gasteiger partial charge in [-0.15, -0.1) is 0 Å². The molecule has 0 saturated carbocycles. The van der Waals surface area contributed by atoms with Gasteiger partial charge in [-0.25, -0.2) is 8.42 Å². The average Bonchev–Trinajstić information content (AvgIpc) is 2.71. The van der Waals surface area contributed by atoms with Crippen LogP contribution in [0.2, 0.25) is 0 Å². The number of sulfone groups is 1.